The van der Waals surface area contributed by atoms with Gasteiger partial charge in [0.05, 0.1) is 17.7 Å². The number of halogens is 1. The Labute approximate surface area is 97.8 Å². The van der Waals surface area contributed by atoms with Crippen LogP contribution in [0.3, 0.4) is 0 Å². The van der Waals surface area contributed by atoms with E-state index in [0.29, 0.717) is 17.3 Å². The number of ether oxygens (including phenoxy) is 1. The zero-order valence-electron chi connectivity index (χ0n) is 9.03. The molecule has 84 valence electrons. The Morgan fingerprint density at radius 1 is 1.62 bits per heavy atom. The van der Waals surface area contributed by atoms with Crippen LogP contribution in [0.25, 0.3) is 5.52 Å². The van der Waals surface area contributed by atoms with Crippen LogP contribution in [0.2, 0.25) is 5.15 Å². The molecule has 0 amide bonds. The van der Waals surface area contributed by atoms with E-state index in [1.165, 1.54) is 0 Å². The van der Waals surface area contributed by atoms with E-state index in [1.54, 1.807) is 29.9 Å². The van der Waals surface area contributed by atoms with Gasteiger partial charge in [0.2, 0.25) is 0 Å². The van der Waals surface area contributed by atoms with E-state index in [-0.39, 0.29) is 5.97 Å². The van der Waals surface area contributed by atoms with E-state index in [9.17, 15) is 4.79 Å². The summed E-state index contributed by atoms with van der Waals surface area (Å²) in [6, 6.07) is 0. The number of hydrogen-bond acceptors (Lipinski definition) is 3. The highest BCUT2D eigenvalue weighted by atomic mass is 35.5. The van der Waals surface area contributed by atoms with Gasteiger partial charge in [-0.05, 0) is 19.4 Å². The van der Waals surface area contributed by atoms with E-state index in [2.05, 4.69) is 4.98 Å². The Morgan fingerprint density at radius 3 is 3.00 bits per heavy atom. The number of nitrogens with zero attached hydrogens (tertiary/aromatic N) is 2. The van der Waals surface area contributed by atoms with Crippen LogP contribution in [-0.4, -0.2) is 22.0 Å². The van der Waals surface area contributed by atoms with Crippen molar-refractivity contribution in [1.29, 1.82) is 0 Å². The molecule has 2 rings (SSSR count). The summed E-state index contributed by atoms with van der Waals surface area (Å²) in [6.07, 6.45) is 5.04. The normalized spacial score (nSPS) is 10.7. The minimum Gasteiger partial charge on any atom is -0.462 e. The van der Waals surface area contributed by atoms with E-state index in [0.717, 1.165) is 11.1 Å². The summed E-state index contributed by atoms with van der Waals surface area (Å²) >= 11 is 5.97. The Hall–Kier alpha value is -1.55. The number of fused-ring (bicyclic) bond motifs is 1. The zero-order chi connectivity index (χ0) is 11.7. The highest BCUT2D eigenvalue weighted by Gasteiger charge is 2.16. The number of carbonyl (C=O) groups is 1. The molecule has 0 aliphatic carbocycles. The lowest BCUT2D eigenvalue weighted by Crippen LogP contribution is -2.04. The van der Waals surface area contributed by atoms with Gasteiger partial charge in [-0.25, -0.2) is 9.78 Å². The molecule has 0 unspecified atom stereocenters. The SMILES string of the molecule is CCOC(=O)c1cn2ccnc(Cl)c2c1C. The first kappa shape index (κ1) is 11.0. The predicted molar refractivity (Wildman–Crippen MR) is 60.9 cm³/mol. The van der Waals surface area contributed by atoms with Crippen molar-refractivity contribution in [3.05, 3.63) is 34.9 Å². The average Bonchev–Trinajstić information content (AvgIpc) is 2.58. The van der Waals surface area contributed by atoms with Crippen molar-refractivity contribution in [1.82, 2.24) is 9.38 Å². The number of carbonyl (C=O) groups excluding carboxylic acids is 1. The molecule has 2 aromatic rings. The van der Waals surface area contributed by atoms with Crippen molar-refractivity contribution in [2.24, 2.45) is 0 Å². The van der Waals surface area contributed by atoms with Crippen LogP contribution >= 0.6 is 11.6 Å². The second-order valence-electron chi connectivity index (χ2n) is 3.36. The van der Waals surface area contributed by atoms with Gasteiger partial charge in [-0.3, -0.25) is 0 Å². The molecule has 0 saturated heterocycles. The van der Waals surface area contributed by atoms with Gasteiger partial charge in [-0.2, -0.15) is 0 Å². The predicted octanol–water partition coefficient (Wildman–Crippen LogP) is 2.47. The molecule has 0 N–H and O–H groups in total. The van der Waals surface area contributed by atoms with Gasteiger partial charge in [0.1, 0.15) is 0 Å². The van der Waals surface area contributed by atoms with E-state index in [1.807, 2.05) is 6.92 Å². The van der Waals surface area contributed by atoms with Gasteiger partial charge in [-0.1, -0.05) is 11.6 Å². The van der Waals surface area contributed by atoms with Crippen molar-refractivity contribution in [3.63, 3.8) is 0 Å². The van der Waals surface area contributed by atoms with Crippen molar-refractivity contribution >= 4 is 23.1 Å². The largest absolute Gasteiger partial charge is 0.462 e. The minimum absolute atomic E-state index is 0.334. The molecule has 0 saturated carbocycles. The molecule has 16 heavy (non-hydrogen) atoms. The smallest absolute Gasteiger partial charge is 0.339 e. The van der Waals surface area contributed by atoms with Crippen LogP contribution in [0, 0.1) is 6.92 Å². The molecule has 0 fully saturated rings. The Morgan fingerprint density at radius 2 is 2.38 bits per heavy atom. The number of aryl methyl sites for hydroxylation is 1. The average molecular weight is 239 g/mol. The van der Waals surface area contributed by atoms with Crippen LogP contribution in [0.4, 0.5) is 0 Å². The quantitative estimate of drug-likeness (QED) is 0.755. The topological polar surface area (TPSA) is 43.6 Å². The fraction of sp³-hybridized carbons (Fsp3) is 0.273. The lowest BCUT2D eigenvalue weighted by atomic mass is 10.2. The van der Waals surface area contributed by atoms with Gasteiger partial charge in [0, 0.05) is 18.6 Å². The van der Waals surface area contributed by atoms with Crippen molar-refractivity contribution in [3.8, 4) is 0 Å². The monoisotopic (exact) mass is 238 g/mol. The molecule has 4 nitrogen and oxygen atoms in total. The van der Waals surface area contributed by atoms with Crippen LogP contribution in [-0.2, 0) is 4.74 Å². The fourth-order valence-corrected chi connectivity index (χ4v) is 1.94. The molecular weight excluding hydrogens is 228 g/mol. The summed E-state index contributed by atoms with van der Waals surface area (Å²) in [4.78, 5) is 15.6. The maximum atomic E-state index is 11.6. The van der Waals surface area contributed by atoms with Crippen molar-refractivity contribution < 1.29 is 9.53 Å². The molecule has 2 aromatic heterocycles. The first-order chi connectivity index (χ1) is 7.65. The fourth-order valence-electron chi connectivity index (χ4n) is 1.65. The molecule has 0 spiro atoms. The second kappa shape index (κ2) is 4.14. The molecule has 0 bridgehead atoms. The van der Waals surface area contributed by atoms with Gasteiger partial charge >= 0.3 is 5.97 Å². The summed E-state index contributed by atoms with van der Waals surface area (Å²) in [6.45, 7) is 3.96. The van der Waals surface area contributed by atoms with Gasteiger partial charge in [0.25, 0.3) is 0 Å². The molecule has 0 aliphatic rings. The highest BCUT2D eigenvalue weighted by Crippen LogP contribution is 2.23. The van der Waals surface area contributed by atoms with Gasteiger partial charge in [-0.15, -0.1) is 0 Å². The number of rotatable bonds is 2. The molecule has 0 radical (unpaired) electrons. The lowest BCUT2D eigenvalue weighted by molar-refractivity contribution is 0.0526. The molecule has 0 atom stereocenters. The van der Waals surface area contributed by atoms with Crippen LogP contribution in [0.15, 0.2) is 18.6 Å². The molecule has 0 aliphatic heterocycles. The molecular formula is C11H11ClN2O2. The number of aromatic nitrogens is 2. The number of hydrogen-bond donors (Lipinski definition) is 0. The van der Waals surface area contributed by atoms with Gasteiger partial charge < -0.3 is 9.14 Å². The summed E-state index contributed by atoms with van der Waals surface area (Å²) in [5, 5.41) is 0.385. The van der Waals surface area contributed by atoms with Crippen molar-refractivity contribution in [2.45, 2.75) is 13.8 Å². The maximum Gasteiger partial charge on any atom is 0.339 e. The third kappa shape index (κ3) is 1.65. The highest BCUT2D eigenvalue weighted by molar-refractivity contribution is 6.32. The third-order valence-electron chi connectivity index (χ3n) is 2.39. The number of esters is 1. The lowest BCUT2D eigenvalue weighted by Gasteiger charge is -1.99. The Kier molecular flexibility index (Phi) is 2.83. The Bertz CT molecular complexity index is 548. The molecule has 2 heterocycles. The standard InChI is InChI=1S/C11H11ClN2O2/c1-3-16-11(15)8-6-14-5-4-13-10(12)9(14)7(8)2/h4-6H,3H2,1-2H3. The molecule has 0 aromatic carbocycles. The Balaban J connectivity index is 2.61. The first-order valence-electron chi connectivity index (χ1n) is 4.94. The van der Waals surface area contributed by atoms with Gasteiger partial charge in [0.15, 0.2) is 5.15 Å². The minimum atomic E-state index is -0.334. The van der Waals surface area contributed by atoms with E-state index < -0.39 is 0 Å². The summed E-state index contributed by atoms with van der Waals surface area (Å²) in [7, 11) is 0. The van der Waals surface area contributed by atoms with E-state index >= 15 is 0 Å². The van der Waals surface area contributed by atoms with Crippen LogP contribution < -0.4 is 0 Å². The van der Waals surface area contributed by atoms with Crippen LogP contribution in [0.5, 0.6) is 0 Å². The van der Waals surface area contributed by atoms with Crippen molar-refractivity contribution in [2.75, 3.05) is 6.61 Å². The summed E-state index contributed by atoms with van der Waals surface area (Å²) in [5.74, 6) is -0.334. The summed E-state index contributed by atoms with van der Waals surface area (Å²) in [5.41, 5.74) is 2.06. The third-order valence-corrected chi connectivity index (χ3v) is 2.67. The second-order valence-corrected chi connectivity index (χ2v) is 3.72. The first-order valence-corrected chi connectivity index (χ1v) is 5.31. The summed E-state index contributed by atoms with van der Waals surface area (Å²) < 4.78 is 6.74. The maximum absolute atomic E-state index is 11.6. The van der Waals surface area contributed by atoms with E-state index in [4.69, 9.17) is 16.3 Å². The molecule has 5 heteroatoms. The zero-order valence-corrected chi connectivity index (χ0v) is 9.78. The van der Waals surface area contributed by atoms with Crippen LogP contribution in [0.1, 0.15) is 22.8 Å².